The van der Waals surface area contributed by atoms with E-state index in [1.54, 1.807) is 0 Å². The minimum atomic E-state index is -4.43. The largest absolute Gasteiger partial charge is 0.472 e. The number of hydrogen-bond donors (Lipinski definition) is 4. The predicted octanol–water partition coefficient (Wildman–Crippen LogP) is 13.6. The molecule has 9 nitrogen and oxygen atoms in total. The molecule has 0 aliphatic rings. The summed E-state index contributed by atoms with van der Waals surface area (Å²) in [5.41, 5.74) is 0. The fourth-order valence-electron chi connectivity index (χ4n) is 7.48. The zero-order chi connectivity index (χ0) is 45.1. The number of carbonyl (C=O) groups is 1. The Morgan fingerprint density at radius 3 is 1.39 bits per heavy atom. The van der Waals surface area contributed by atoms with E-state index in [4.69, 9.17) is 9.05 Å². The van der Waals surface area contributed by atoms with Crippen molar-refractivity contribution in [3.05, 3.63) is 36.5 Å². The molecule has 0 bridgehead atoms. The van der Waals surface area contributed by atoms with Crippen molar-refractivity contribution in [1.29, 1.82) is 0 Å². The van der Waals surface area contributed by atoms with E-state index in [1.165, 1.54) is 141 Å². The van der Waals surface area contributed by atoms with E-state index in [-0.39, 0.29) is 18.9 Å². The van der Waals surface area contributed by atoms with Crippen molar-refractivity contribution in [2.45, 2.75) is 244 Å². The minimum absolute atomic E-state index is 0.0133. The summed E-state index contributed by atoms with van der Waals surface area (Å²) in [5, 5.41) is 24.7. The maximum absolute atomic E-state index is 12.9. The number of quaternary nitrogens is 1. The second-order valence-corrected chi connectivity index (χ2v) is 20.1. The summed E-state index contributed by atoms with van der Waals surface area (Å²) in [6.07, 6.45) is 49.6. The first-order valence-corrected chi connectivity index (χ1v) is 26.9. The van der Waals surface area contributed by atoms with E-state index >= 15 is 0 Å². The zero-order valence-electron chi connectivity index (χ0n) is 40.5. The Labute approximate surface area is 377 Å². The number of aliphatic hydroxyl groups excluding tert-OH is 2. The van der Waals surface area contributed by atoms with E-state index in [9.17, 15) is 24.5 Å². The molecule has 0 saturated heterocycles. The monoisotopic (exact) mass is 884 g/mol. The van der Waals surface area contributed by atoms with Gasteiger partial charge < -0.3 is 24.9 Å². The first-order valence-electron chi connectivity index (χ1n) is 25.4. The van der Waals surface area contributed by atoms with Crippen molar-refractivity contribution in [3.63, 3.8) is 0 Å². The lowest BCUT2D eigenvalue weighted by Crippen LogP contribution is -2.51. The molecule has 0 aromatic heterocycles. The molecule has 4 unspecified atom stereocenters. The van der Waals surface area contributed by atoms with E-state index in [1.807, 2.05) is 28.1 Å². The molecule has 1 amide bonds. The summed E-state index contributed by atoms with van der Waals surface area (Å²) in [5.74, 6) is -0.272. The van der Waals surface area contributed by atoms with Crippen molar-refractivity contribution < 1.29 is 38.0 Å². The van der Waals surface area contributed by atoms with Crippen LogP contribution < -0.4 is 5.32 Å². The fraction of sp³-hybridized carbons (Fsp3) is 0.863. The van der Waals surface area contributed by atoms with Crippen molar-refractivity contribution in [2.75, 3.05) is 40.9 Å². The van der Waals surface area contributed by atoms with Crippen molar-refractivity contribution >= 4 is 13.7 Å². The van der Waals surface area contributed by atoms with Crippen molar-refractivity contribution in [1.82, 2.24) is 5.32 Å². The second-order valence-electron chi connectivity index (χ2n) is 18.7. The maximum atomic E-state index is 12.9. The van der Waals surface area contributed by atoms with Gasteiger partial charge in [0.05, 0.1) is 39.9 Å². The molecule has 4 atom stereocenters. The number of nitrogens with zero attached hydrogens (tertiary/aromatic N) is 1. The van der Waals surface area contributed by atoms with E-state index in [2.05, 4.69) is 48.7 Å². The first-order chi connectivity index (χ1) is 29.4. The Morgan fingerprint density at radius 2 is 0.984 bits per heavy atom. The van der Waals surface area contributed by atoms with Crippen LogP contribution in [-0.4, -0.2) is 84.6 Å². The Morgan fingerprint density at radius 1 is 0.590 bits per heavy atom. The Hall–Kier alpha value is -1.32. The van der Waals surface area contributed by atoms with Crippen molar-refractivity contribution in [3.8, 4) is 0 Å². The van der Waals surface area contributed by atoms with Crippen LogP contribution in [0.25, 0.3) is 0 Å². The third-order valence-electron chi connectivity index (χ3n) is 11.5. The summed E-state index contributed by atoms with van der Waals surface area (Å²) < 4.78 is 23.5. The van der Waals surface area contributed by atoms with Crippen LogP contribution in [0.4, 0.5) is 0 Å². The lowest BCUT2D eigenvalue weighted by Gasteiger charge is -2.28. The molecule has 0 aromatic rings. The Kier molecular flexibility index (Phi) is 41.7. The number of carbonyl (C=O) groups excluding carboxylic acids is 1. The van der Waals surface area contributed by atoms with Gasteiger partial charge in [-0.25, -0.2) is 4.57 Å². The topological polar surface area (TPSA) is 125 Å². The van der Waals surface area contributed by atoms with Gasteiger partial charge in [0.25, 0.3) is 0 Å². The SMILES string of the molecule is C/C=C/CC/C=C/CC/C=C/CCCC(O)C(O)C(COP(=O)(O)OCC[N+](C)(C)C)NC(=O)CCCCCCCCCCCCCCCCCCCCCCCCCCC. The van der Waals surface area contributed by atoms with Crippen LogP contribution >= 0.6 is 7.82 Å². The highest BCUT2D eigenvalue weighted by Crippen LogP contribution is 2.43. The normalized spacial score (nSPS) is 15.0. The highest BCUT2D eigenvalue weighted by Gasteiger charge is 2.31. The zero-order valence-corrected chi connectivity index (χ0v) is 41.4. The molecule has 0 rings (SSSR count). The van der Waals surface area contributed by atoms with Crippen LogP contribution in [0.1, 0.15) is 226 Å². The Bertz CT molecular complexity index is 1110. The molecule has 0 fully saturated rings. The van der Waals surface area contributed by atoms with Gasteiger partial charge in [-0.3, -0.25) is 13.8 Å². The van der Waals surface area contributed by atoms with Gasteiger partial charge in [-0.05, 0) is 58.3 Å². The number of amides is 1. The molecule has 61 heavy (non-hydrogen) atoms. The number of nitrogens with one attached hydrogen (secondary N) is 1. The summed E-state index contributed by atoms with van der Waals surface area (Å²) in [6, 6.07) is -1.06. The molecule has 10 heteroatoms. The van der Waals surface area contributed by atoms with Crippen LogP contribution in [0.15, 0.2) is 36.5 Å². The van der Waals surface area contributed by atoms with Gasteiger partial charge in [0.2, 0.25) is 5.91 Å². The molecule has 0 aliphatic carbocycles. The number of unbranched alkanes of at least 4 members (excludes halogenated alkanes) is 27. The standard InChI is InChI=1S/C51H99N2O7P/c1-6-8-10-12-14-16-18-20-21-22-23-24-25-26-27-28-29-30-31-32-34-36-38-40-42-44-50(55)52-48(47-60-61(57,58)59-46-45-53(3,4)5)51(56)49(54)43-41-39-37-35-33-19-17-15-13-11-9-7-2/h7,9,15,17,35,37,48-49,51,54,56H,6,8,10-14,16,18-34,36,38-47H2,1-5H3,(H-,52,55,57,58)/p+1/b9-7+,17-15+,37-35+. The van der Waals surface area contributed by atoms with Gasteiger partial charge in [-0.1, -0.05) is 197 Å². The highest BCUT2D eigenvalue weighted by molar-refractivity contribution is 7.47. The highest BCUT2D eigenvalue weighted by atomic mass is 31.2. The molecule has 0 aliphatic heterocycles. The summed E-state index contributed by atoms with van der Waals surface area (Å²) in [7, 11) is 1.41. The second kappa shape index (κ2) is 42.6. The summed E-state index contributed by atoms with van der Waals surface area (Å²) in [4.78, 5) is 23.2. The number of aliphatic hydroxyl groups is 2. The van der Waals surface area contributed by atoms with Crippen LogP contribution in [0, 0.1) is 0 Å². The molecule has 0 saturated carbocycles. The average Bonchev–Trinajstić information content (AvgIpc) is 3.21. The maximum Gasteiger partial charge on any atom is 0.472 e. The van der Waals surface area contributed by atoms with E-state index in [0.29, 0.717) is 23.9 Å². The van der Waals surface area contributed by atoms with Gasteiger partial charge in [-0.2, -0.15) is 0 Å². The number of hydrogen-bond acceptors (Lipinski definition) is 6. The molecular weight excluding hydrogens is 784 g/mol. The molecule has 0 aromatic carbocycles. The molecule has 0 spiro atoms. The van der Waals surface area contributed by atoms with Crippen LogP contribution in [0.5, 0.6) is 0 Å². The predicted molar refractivity (Wildman–Crippen MR) is 260 cm³/mol. The van der Waals surface area contributed by atoms with E-state index < -0.39 is 32.7 Å². The van der Waals surface area contributed by atoms with Gasteiger partial charge in [-0.15, -0.1) is 0 Å². The third-order valence-corrected chi connectivity index (χ3v) is 12.5. The van der Waals surface area contributed by atoms with E-state index in [0.717, 1.165) is 51.4 Å². The number of phosphoric acid groups is 1. The van der Waals surface area contributed by atoms with Crippen LogP contribution in [0.3, 0.4) is 0 Å². The Balaban J connectivity index is 4.26. The molecular formula is C51H100N2O7P+. The average molecular weight is 884 g/mol. The fourth-order valence-corrected chi connectivity index (χ4v) is 8.21. The van der Waals surface area contributed by atoms with Gasteiger partial charge >= 0.3 is 7.82 Å². The van der Waals surface area contributed by atoms with Gasteiger partial charge in [0.1, 0.15) is 19.3 Å². The number of phosphoric ester groups is 1. The third kappa shape index (κ3) is 43.7. The molecule has 4 N–H and O–H groups in total. The molecule has 0 radical (unpaired) electrons. The lowest BCUT2D eigenvalue weighted by molar-refractivity contribution is -0.870. The summed E-state index contributed by atoms with van der Waals surface area (Å²) >= 11 is 0. The number of rotatable bonds is 46. The lowest BCUT2D eigenvalue weighted by atomic mass is 10.0. The summed E-state index contributed by atoms with van der Waals surface area (Å²) in [6.45, 7) is 4.38. The molecule has 0 heterocycles. The number of likely N-dealkylation sites (N-methyl/N-ethyl adjacent to an activating group) is 1. The van der Waals surface area contributed by atoms with Gasteiger partial charge in [0.15, 0.2) is 0 Å². The quantitative estimate of drug-likeness (QED) is 0.0208. The first kappa shape index (κ1) is 59.7. The minimum Gasteiger partial charge on any atom is -0.390 e. The molecule has 360 valence electrons. The van der Waals surface area contributed by atoms with Crippen LogP contribution in [-0.2, 0) is 18.4 Å². The van der Waals surface area contributed by atoms with Crippen LogP contribution in [0.2, 0.25) is 0 Å². The van der Waals surface area contributed by atoms with Crippen molar-refractivity contribution in [2.24, 2.45) is 0 Å². The van der Waals surface area contributed by atoms with Gasteiger partial charge in [0, 0.05) is 6.42 Å². The number of allylic oxidation sites excluding steroid dienone is 6. The smallest absolute Gasteiger partial charge is 0.390 e.